The molecule has 0 heterocycles. The molecule has 0 amide bonds. The molecule has 0 aromatic heterocycles. The van der Waals surface area contributed by atoms with E-state index < -0.39 is 29.2 Å². The highest BCUT2D eigenvalue weighted by Crippen LogP contribution is 2.49. The smallest absolute Gasteiger partial charge is 0.420 e. The summed E-state index contributed by atoms with van der Waals surface area (Å²) in [6, 6.07) is 0. The molecular weight excluding hydrogens is 276 g/mol. The molecule has 0 spiro atoms. The van der Waals surface area contributed by atoms with Gasteiger partial charge in [-0.3, -0.25) is 0 Å². The van der Waals surface area contributed by atoms with Gasteiger partial charge in [0, 0.05) is 5.56 Å². The summed E-state index contributed by atoms with van der Waals surface area (Å²) in [6.45, 7) is 6.23. The molecule has 0 aliphatic heterocycles. The summed E-state index contributed by atoms with van der Waals surface area (Å²) in [5, 5.41) is 0. The van der Waals surface area contributed by atoms with E-state index in [1.165, 1.54) is 14.0 Å². The highest BCUT2D eigenvalue weighted by Gasteiger charge is 2.42. The second-order valence-electron chi connectivity index (χ2n) is 4.24. The van der Waals surface area contributed by atoms with Gasteiger partial charge in [-0.25, -0.2) is 4.39 Å². The lowest BCUT2D eigenvalue weighted by molar-refractivity contribution is -0.140. The molecule has 20 heavy (non-hydrogen) atoms. The van der Waals surface area contributed by atoms with Crippen molar-refractivity contribution < 1.29 is 27.0 Å². The fraction of sp³-hybridized carbons (Fsp3) is 0.429. The van der Waals surface area contributed by atoms with Gasteiger partial charge in [-0.05, 0) is 25.0 Å². The maximum Gasteiger partial charge on any atom is 0.420 e. The zero-order chi connectivity index (χ0) is 15.7. The minimum absolute atomic E-state index is 0.136. The lowest BCUT2D eigenvalue weighted by atomic mass is 9.93. The Morgan fingerprint density at radius 2 is 1.50 bits per heavy atom. The van der Waals surface area contributed by atoms with Gasteiger partial charge >= 0.3 is 6.18 Å². The average molecular weight is 292 g/mol. The van der Waals surface area contributed by atoms with E-state index in [0.29, 0.717) is 5.56 Å². The second-order valence-corrected chi connectivity index (χ2v) is 4.24. The number of halogens is 4. The number of alkyl halides is 4. The summed E-state index contributed by atoms with van der Waals surface area (Å²) >= 11 is 0. The molecule has 1 aromatic rings. The van der Waals surface area contributed by atoms with Crippen molar-refractivity contribution in [3.8, 4) is 11.5 Å². The minimum Gasteiger partial charge on any atom is -0.496 e. The van der Waals surface area contributed by atoms with Gasteiger partial charge in [0.2, 0.25) is 0 Å². The van der Waals surface area contributed by atoms with Gasteiger partial charge in [-0.1, -0.05) is 12.7 Å². The fourth-order valence-corrected chi connectivity index (χ4v) is 2.15. The topological polar surface area (TPSA) is 18.5 Å². The zero-order valence-electron chi connectivity index (χ0n) is 11.7. The summed E-state index contributed by atoms with van der Waals surface area (Å²) < 4.78 is 63.6. The number of benzene rings is 1. The molecule has 1 rings (SSSR count). The van der Waals surface area contributed by atoms with E-state index in [0.717, 1.165) is 13.2 Å². The Kier molecular flexibility index (Phi) is 4.68. The van der Waals surface area contributed by atoms with Crippen molar-refractivity contribution in [1.82, 2.24) is 0 Å². The van der Waals surface area contributed by atoms with Crippen molar-refractivity contribution in [3.63, 3.8) is 0 Å². The van der Waals surface area contributed by atoms with Gasteiger partial charge < -0.3 is 9.47 Å². The first-order valence-corrected chi connectivity index (χ1v) is 5.79. The molecule has 2 nitrogen and oxygen atoms in total. The fourth-order valence-electron chi connectivity index (χ4n) is 2.15. The second kappa shape index (κ2) is 5.73. The summed E-state index contributed by atoms with van der Waals surface area (Å²) in [6.07, 6.45) is -5.98. The van der Waals surface area contributed by atoms with Crippen LogP contribution in [0, 0.1) is 13.8 Å². The number of ether oxygens (including phenoxy) is 2. The number of allylic oxidation sites excluding steroid dienone is 1. The molecule has 0 fully saturated rings. The molecule has 0 aliphatic rings. The van der Waals surface area contributed by atoms with Gasteiger partial charge in [0.05, 0.1) is 14.2 Å². The van der Waals surface area contributed by atoms with E-state index >= 15 is 0 Å². The summed E-state index contributed by atoms with van der Waals surface area (Å²) in [5.74, 6) is -0.529. The largest absolute Gasteiger partial charge is 0.496 e. The monoisotopic (exact) mass is 292 g/mol. The van der Waals surface area contributed by atoms with E-state index in [2.05, 4.69) is 6.58 Å². The normalized spacial score (nSPS) is 13.0. The Bertz CT molecular complexity index is 521. The molecule has 0 N–H and O–H groups in total. The van der Waals surface area contributed by atoms with E-state index in [-0.39, 0.29) is 11.3 Å². The van der Waals surface area contributed by atoms with Crippen LogP contribution < -0.4 is 9.47 Å². The molecule has 0 aliphatic carbocycles. The number of rotatable bonds is 4. The first-order valence-electron chi connectivity index (χ1n) is 5.79. The first kappa shape index (κ1) is 16.3. The minimum atomic E-state index is -4.76. The van der Waals surface area contributed by atoms with Crippen LogP contribution in [-0.2, 0) is 6.18 Å². The van der Waals surface area contributed by atoms with Crippen LogP contribution in [0.4, 0.5) is 17.6 Å². The van der Waals surface area contributed by atoms with Crippen LogP contribution in [0.25, 0.3) is 0 Å². The maximum atomic E-state index is 14.0. The Morgan fingerprint density at radius 1 is 1.05 bits per heavy atom. The lowest BCUT2D eigenvalue weighted by Crippen LogP contribution is -2.15. The number of methoxy groups -OCH3 is 2. The Hall–Kier alpha value is -1.72. The summed E-state index contributed by atoms with van der Waals surface area (Å²) in [7, 11) is 2.32. The highest BCUT2D eigenvalue weighted by atomic mass is 19.4. The highest BCUT2D eigenvalue weighted by molar-refractivity contribution is 5.60. The molecule has 1 aromatic carbocycles. The van der Waals surface area contributed by atoms with Crippen molar-refractivity contribution in [2.24, 2.45) is 0 Å². The molecule has 0 saturated heterocycles. The standard InChI is InChI=1S/C14H16F4O2/c1-6-9(15)10-11(14(16,17)18)13(20-5)8(3)7(2)12(10)19-4/h6,9H,1H2,2-5H3. The molecule has 6 heteroatoms. The maximum absolute atomic E-state index is 14.0. The summed E-state index contributed by atoms with van der Waals surface area (Å²) in [5.41, 5.74) is -1.10. The first-order chi connectivity index (χ1) is 9.20. The summed E-state index contributed by atoms with van der Waals surface area (Å²) in [4.78, 5) is 0. The predicted molar refractivity (Wildman–Crippen MR) is 68.1 cm³/mol. The van der Waals surface area contributed by atoms with E-state index in [1.54, 1.807) is 6.92 Å². The van der Waals surface area contributed by atoms with Gasteiger partial charge in [-0.15, -0.1) is 0 Å². The third kappa shape index (κ3) is 2.59. The molecule has 1 atom stereocenters. The quantitative estimate of drug-likeness (QED) is 0.599. The van der Waals surface area contributed by atoms with Gasteiger partial charge in [0.15, 0.2) is 0 Å². The average Bonchev–Trinajstić information content (AvgIpc) is 2.38. The SMILES string of the molecule is C=CC(F)c1c(OC)c(C)c(C)c(OC)c1C(F)(F)F. The molecule has 1 unspecified atom stereocenters. The Labute approximate surface area is 115 Å². The van der Waals surface area contributed by atoms with Crippen molar-refractivity contribution in [2.75, 3.05) is 14.2 Å². The third-order valence-corrected chi connectivity index (χ3v) is 3.16. The molecule has 0 radical (unpaired) electrons. The van der Waals surface area contributed by atoms with Crippen LogP contribution in [0.15, 0.2) is 12.7 Å². The van der Waals surface area contributed by atoms with Crippen LogP contribution in [-0.4, -0.2) is 14.2 Å². The predicted octanol–water partition coefficient (Wildman–Crippen LogP) is 4.54. The van der Waals surface area contributed by atoms with Gasteiger partial charge in [0.25, 0.3) is 0 Å². The van der Waals surface area contributed by atoms with Crippen LogP contribution in [0.3, 0.4) is 0 Å². The van der Waals surface area contributed by atoms with Crippen molar-refractivity contribution >= 4 is 0 Å². The lowest BCUT2D eigenvalue weighted by Gasteiger charge is -2.24. The van der Waals surface area contributed by atoms with Crippen molar-refractivity contribution in [3.05, 3.63) is 34.9 Å². The Morgan fingerprint density at radius 3 is 1.85 bits per heavy atom. The third-order valence-electron chi connectivity index (χ3n) is 3.16. The van der Waals surface area contributed by atoms with E-state index in [4.69, 9.17) is 9.47 Å². The van der Waals surface area contributed by atoms with E-state index in [9.17, 15) is 17.6 Å². The molecule has 112 valence electrons. The van der Waals surface area contributed by atoms with Crippen LogP contribution in [0.5, 0.6) is 11.5 Å². The number of hydrogen-bond donors (Lipinski definition) is 0. The van der Waals surface area contributed by atoms with E-state index in [1.807, 2.05) is 0 Å². The van der Waals surface area contributed by atoms with Crippen LogP contribution in [0.1, 0.15) is 28.4 Å². The van der Waals surface area contributed by atoms with Gasteiger partial charge in [0.1, 0.15) is 23.2 Å². The number of hydrogen-bond acceptors (Lipinski definition) is 2. The van der Waals surface area contributed by atoms with Crippen molar-refractivity contribution in [1.29, 1.82) is 0 Å². The molecule has 0 bridgehead atoms. The van der Waals surface area contributed by atoms with Crippen LogP contribution in [0.2, 0.25) is 0 Å². The van der Waals surface area contributed by atoms with Gasteiger partial charge in [-0.2, -0.15) is 13.2 Å². The Balaban J connectivity index is 3.93. The zero-order valence-corrected chi connectivity index (χ0v) is 11.7. The van der Waals surface area contributed by atoms with Crippen molar-refractivity contribution in [2.45, 2.75) is 26.2 Å². The molecule has 0 saturated carbocycles. The van der Waals surface area contributed by atoms with Crippen LogP contribution >= 0.6 is 0 Å². The molecular formula is C14H16F4O2.